The molecule has 3 rings (SSSR count). The first-order valence-corrected chi connectivity index (χ1v) is 8.69. The summed E-state index contributed by atoms with van der Waals surface area (Å²) in [5.74, 6) is -4.31. The van der Waals surface area contributed by atoms with Crippen LogP contribution in [0.15, 0.2) is 36.4 Å². The molecule has 1 aromatic carbocycles. The highest BCUT2D eigenvalue weighted by Gasteiger charge is 2.47. The molecule has 1 aliphatic rings. The number of piperidine rings is 1. The Morgan fingerprint density at radius 1 is 1.33 bits per heavy atom. The summed E-state index contributed by atoms with van der Waals surface area (Å²) in [4.78, 5) is 13.6. The number of aromatic nitrogens is 2. The summed E-state index contributed by atoms with van der Waals surface area (Å²) in [7, 11) is 1.36. The third-order valence-electron chi connectivity index (χ3n) is 4.38. The zero-order valence-electron chi connectivity index (χ0n) is 14.6. The molecule has 6 nitrogen and oxygen atoms in total. The van der Waals surface area contributed by atoms with Crippen LogP contribution in [0.1, 0.15) is 23.6 Å². The third kappa shape index (κ3) is 4.44. The van der Waals surface area contributed by atoms with Crippen LogP contribution in [0.5, 0.6) is 5.88 Å². The molecule has 27 heavy (non-hydrogen) atoms. The topological polar surface area (TPSA) is 64.6 Å². The fourth-order valence-electron chi connectivity index (χ4n) is 2.87. The summed E-state index contributed by atoms with van der Waals surface area (Å²) in [5, 5.41) is 7.60. The van der Waals surface area contributed by atoms with Crippen LogP contribution in [0.3, 0.4) is 0 Å². The maximum absolute atomic E-state index is 14.4. The Morgan fingerprint density at radius 2 is 2.07 bits per heavy atom. The molecule has 9 heteroatoms. The minimum Gasteiger partial charge on any atom is -0.479 e. The van der Waals surface area contributed by atoms with Crippen molar-refractivity contribution in [2.24, 2.45) is 0 Å². The number of carbonyl (C=O) groups excluding carboxylic acids is 1. The van der Waals surface area contributed by atoms with Crippen LogP contribution >= 0.6 is 11.6 Å². The van der Waals surface area contributed by atoms with Gasteiger partial charge in [0, 0.05) is 19.5 Å². The first kappa shape index (κ1) is 19.3. The zero-order valence-corrected chi connectivity index (χ0v) is 15.3. The fraction of sp³-hybridized carbons (Fsp3) is 0.389. The minimum atomic E-state index is -3.04. The number of likely N-dealkylation sites (tertiary alicyclic amines) is 1. The van der Waals surface area contributed by atoms with Crippen molar-refractivity contribution in [3.8, 4) is 5.88 Å². The van der Waals surface area contributed by atoms with Crippen LogP contribution in [-0.2, 0) is 11.3 Å². The number of ether oxygens (including phenoxy) is 2. The Kier molecular flexibility index (Phi) is 5.74. The molecular weight excluding hydrogens is 380 g/mol. The quantitative estimate of drug-likeness (QED) is 0.782. The van der Waals surface area contributed by atoms with E-state index in [-0.39, 0.29) is 36.3 Å². The second kappa shape index (κ2) is 8.04. The van der Waals surface area contributed by atoms with Gasteiger partial charge in [0.25, 0.3) is 11.8 Å². The average molecular weight is 398 g/mol. The molecule has 2 heterocycles. The smallest absolute Gasteiger partial charge is 0.410 e. The van der Waals surface area contributed by atoms with Crippen LogP contribution in [0.25, 0.3) is 0 Å². The van der Waals surface area contributed by atoms with E-state index in [0.29, 0.717) is 0 Å². The number of hydrogen-bond donors (Lipinski definition) is 0. The van der Waals surface area contributed by atoms with E-state index in [9.17, 15) is 13.6 Å². The molecule has 1 atom stereocenters. The van der Waals surface area contributed by atoms with E-state index in [1.165, 1.54) is 18.1 Å². The lowest BCUT2D eigenvalue weighted by molar-refractivity contribution is -0.0741. The van der Waals surface area contributed by atoms with Gasteiger partial charge in [0.2, 0.25) is 0 Å². The molecule has 0 spiro atoms. The maximum atomic E-state index is 14.4. The van der Waals surface area contributed by atoms with Crippen molar-refractivity contribution in [2.45, 2.75) is 24.9 Å². The van der Waals surface area contributed by atoms with Gasteiger partial charge in [-0.15, -0.1) is 5.10 Å². The molecule has 1 aliphatic heterocycles. The summed E-state index contributed by atoms with van der Waals surface area (Å²) in [6.07, 6.45) is -1.14. The van der Waals surface area contributed by atoms with Gasteiger partial charge in [0.1, 0.15) is 11.6 Å². The van der Waals surface area contributed by atoms with Crippen LogP contribution in [0.2, 0.25) is 5.02 Å². The Labute approximate surface area is 160 Å². The summed E-state index contributed by atoms with van der Waals surface area (Å²) in [6, 6.07) is 10.4. The van der Waals surface area contributed by atoms with Gasteiger partial charge < -0.3 is 14.4 Å². The van der Waals surface area contributed by atoms with Crippen molar-refractivity contribution < 1.29 is 23.0 Å². The molecule has 0 aliphatic carbocycles. The molecular formula is C18H18ClF2N3O3. The van der Waals surface area contributed by atoms with Gasteiger partial charge in [-0.2, -0.15) is 5.10 Å². The summed E-state index contributed by atoms with van der Waals surface area (Å²) < 4.78 is 39.0. The number of nitrogens with zero attached hydrogens (tertiary/aromatic N) is 3. The van der Waals surface area contributed by atoms with Gasteiger partial charge in [-0.25, -0.2) is 13.6 Å². The highest BCUT2D eigenvalue weighted by Crippen LogP contribution is 2.40. The van der Waals surface area contributed by atoms with Crippen LogP contribution in [-0.4, -0.2) is 47.3 Å². The molecule has 1 amide bonds. The second-order valence-corrected chi connectivity index (χ2v) is 6.58. The van der Waals surface area contributed by atoms with Gasteiger partial charge >= 0.3 is 6.09 Å². The first-order valence-electron chi connectivity index (χ1n) is 8.31. The monoisotopic (exact) mass is 397 g/mol. The number of amides is 1. The second-order valence-electron chi connectivity index (χ2n) is 6.18. The number of halogens is 3. The summed E-state index contributed by atoms with van der Waals surface area (Å²) in [6.45, 7) is -0.266. The third-order valence-corrected chi connectivity index (χ3v) is 4.65. The Morgan fingerprint density at radius 3 is 2.74 bits per heavy atom. The van der Waals surface area contributed by atoms with Gasteiger partial charge in [-0.05, 0) is 11.6 Å². The molecule has 1 aromatic heterocycles. The molecule has 0 bridgehead atoms. The maximum Gasteiger partial charge on any atom is 0.410 e. The molecule has 1 fully saturated rings. The summed E-state index contributed by atoms with van der Waals surface area (Å²) >= 11 is 5.98. The van der Waals surface area contributed by atoms with E-state index in [4.69, 9.17) is 21.1 Å². The van der Waals surface area contributed by atoms with E-state index >= 15 is 0 Å². The lowest BCUT2D eigenvalue weighted by atomic mass is 9.90. The van der Waals surface area contributed by atoms with Crippen LogP contribution < -0.4 is 4.74 Å². The molecule has 0 N–H and O–H groups in total. The van der Waals surface area contributed by atoms with E-state index in [2.05, 4.69) is 10.2 Å². The largest absolute Gasteiger partial charge is 0.479 e. The molecule has 0 saturated carbocycles. The Hall–Kier alpha value is -2.48. The van der Waals surface area contributed by atoms with Crippen LogP contribution in [0, 0.1) is 0 Å². The van der Waals surface area contributed by atoms with Crippen molar-refractivity contribution in [3.05, 3.63) is 52.7 Å². The summed E-state index contributed by atoms with van der Waals surface area (Å²) in [5.41, 5.74) is 0.823. The highest BCUT2D eigenvalue weighted by molar-refractivity contribution is 6.31. The number of alkyl halides is 2. The predicted molar refractivity (Wildman–Crippen MR) is 94.1 cm³/mol. The van der Waals surface area contributed by atoms with Gasteiger partial charge in [0.15, 0.2) is 0 Å². The SMILES string of the molecule is COc1nnc(C2CN(C(=O)OCc3ccccc3)CCC2(F)F)cc1Cl. The predicted octanol–water partition coefficient (Wildman–Crippen LogP) is 3.90. The number of rotatable bonds is 4. The Bertz CT molecular complexity index is 808. The van der Waals surface area contributed by atoms with Crippen molar-refractivity contribution in [1.82, 2.24) is 15.1 Å². The zero-order chi connectivity index (χ0) is 19.4. The Balaban J connectivity index is 1.71. The van der Waals surface area contributed by atoms with Gasteiger partial charge in [-0.3, -0.25) is 0 Å². The van der Waals surface area contributed by atoms with Crippen LogP contribution in [0.4, 0.5) is 13.6 Å². The number of methoxy groups -OCH3 is 1. The first-order chi connectivity index (χ1) is 12.9. The van der Waals surface area contributed by atoms with Gasteiger partial charge in [0.05, 0.1) is 18.7 Å². The van der Waals surface area contributed by atoms with E-state index in [1.54, 1.807) is 0 Å². The molecule has 144 valence electrons. The number of hydrogen-bond acceptors (Lipinski definition) is 5. The van der Waals surface area contributed by atoms with E-state index in [1.807, 2.05) is 30.3 Å². The molecule has 0 radical (unpaired) electrons. The average Bonchev–Trinajstić information content (AvgIpc) is 2.66. The number of carbonyl (C=O) groups is 1. The molecule has 1 saturated heterocycles. The van der Waals surface area contributed by atoms with E-state index in [0.717, 1.165) is 5.56 Å². The van der Waals surface area contributed by atoms with Crippen molar-refractivity contribution in [3.63, 3.8) is 0 Å². The minimum absolute atomic E-state index is 0.00589. The van der Waals surface area contributed by atoms with Crippen molar-refractivity contribution in [1.29, 1.82) is 0 Å². The molecule has 2 aromatic rings. The van der Waals surface area contributed by atoms with Crippen molar-refractivity contribution >= 4 is 17.7 Å². The number of benzene rings is 1. The molecule has 1 unspecified atom stereocenters. The normalized spacial score (nSPS) is 18.8. The van der Waals surface area contributed by atoms with Crippen molar-refractivity contribution in [2.75, 3.05) is 20.2 Å². The van der Waals surface area contributed by atoms with E-state index < -0.39 is 24.4 Å². The lowest BCUT2D eigenvalue weighted by Crippen LogP contribution is -2.48. The highest BCUT2D eigenvalue weighted by atomic mass is 35.5. The standard InChI is InChI=1S/C18H18ClF2N3O3/c1-26-16-14(19)9-15(22-23-16)13-10-24(8-7-18(13,20)21)17(25)27-11-12-5-3-2-4-6-12/h2-6,9,13H,7-8,10-11H2,1H3. The lowest BCUT2D eigenvalue weighted by Gasteiger charge is -2.37. The van der Waals surface area contributed by atoms with Gasteiger partial charge in [-0.1, -0.05) is 41.9 Å². The fourth-order valence-corrected chi connectivity index (χ4v) is 3.10.